The molecule has 0 bridgehead atoms. The molecule has 3 rings (SSSR count). The van der Waals surface area contributed by atoms with E-state index in [0.717, 1.165) is 33.2 Å². The zero-order chi connectivity index (χ0) is 23.3. The summed E-state index contributed by atoms with van der Waals surface area (Å²) in [5.74, 6) is 1.75. The molecule has 0 amide bonds. The highest BCUT2D eigenvalue weighted by molar-refractivity contribution is 7.80. The summed E-state index contributed by atoms with van der Waals surface area (Å²) in [6.45, 7) is 11.1. The largest absolute Gasteiger partial charge is 0.467 e. The molecule has 0 radical (unpaired) electrons. The molecule has 32 heavy (non-hydrogen) atoms. The Morgan fingerprint density at radius 3 is 1.47 bits per heavy atom. The van der Waals surface area contributed by atoms with Crippen LogP contribution >= 0.6 is 7.92 Å². The van der Waals surface area contributed by atoms with E-state index in [9.17, 15) is 0 Å². The van der Waals surface area contributed by atoms with Gasteiger partial charge in [-0.25, -0.2) is 0 Å². The predicted octanol–water partition coefficient (Wildman–Crippen LogP) is 4.95. The van der Waals surface area contributed by atoms with Gasteiger partial charge in [-0.15, -0.1) is 0 Å². The molecule has 0 heterocycles. The van der Waals surface area contributed by atoms with Gasteiger partial charge in [0.05, 0.1) is 0 Å². The van der Waals surface area contributed by atoms with Gasteiger partial charge in [-0.3, -0.25) is 0 Å². The molecule has 170 valence electrons. The molecule has 0 unspecified atom stereocenters. The normalized spacial score (nSPS) is 11.1. The molecule has 3 aromatic carbocycles. The summed E-state index contributed by atoms with van der Waals surface area (Å²) in [7, 11) is 2.32. The van der Waals surface area contributed by atoms with Gasteiger partial charge in [-0.05, 0) is 70.1 Å². The van der Waals surface area contributed by atoms with Crippen LogP contribution in [0.1, 0.15) is 27.8 Å². The summed E-state index contributed by atoms with van der Waals surface area (Å²) in [6, 6.07) is 17.2. The molecule has 4 nitrogen and oxygen atoms in total. The molecular weight excluding hydrogens is 419 g/mol. The van der Waals surface area contributed by atoms with Crippen LogP contribution in [0.25, 0.3) is 0 Å². The molecule has 0 atom stereocenters. The van der Waals surface area contributed by atoms with Gasteiger partial charge in [-0.1, -0.05) is 54.1 Å². The van der Waals surface area contributed by atoms with E-state index in [4.69, 9.17) is 18.9 Å². The number of para-hydroxylation sites is 2. The third-order valence-electron chi connectivity index (χ3n) is 5.37. The van der Waals surface area contributed by atoms with Crippen molar-refractivity contribution in [2.24, 2.45) is 0 Å². The fourth-order valence-electron chi connectivity index (χ4n) is 4.13. The number of methoxy groups -OCH3 is 2. The lowest BCUT2D eigenvalue weighted by Crippen LogP contribution is -2.28. The molecule has 0 N–H and O–H groups in total. The molecule has 0 saturated heterocycles. The minimum atomic E-state index is -0.968. The van der Waals surface area contributed by atoms with Crippen LogP contribution in [0.5, 0.6) is 11.5 Å². The molecule has 3 aromatic rings. The SMILES string of the molecule is COCOc1c(C)cccc1P(c1cccc(C)c1OCOC)c1c(C)cc(C)cc1C. The number of aryl methyl sites for hydroxylation is 5. The smallest absolute Gasteiger partial charge is 0.188 e. The highest BCUT2D eigenvalue weighted by Gasteiger charge is 2.28. The fourth-order valence-corrected chi connectivity index (χ4v) is 7.07. The molecule has 0 aliphatic rings. The summed E-state index contributed by atoms with van der Waals surface area (Å²) in [5.41, 5.74) is 5.97. The zero-order valence-electron chi connectivity index (χ0n) is 20.1. The van der Waals surface area contributed by atoms with E-state index in [1.807, 2.05) is 0 Å². The minimum absolute atomic E-state index is 0.202. The van der Waals surface area contributed by atoms with E-state index in [1.165, 1.54) is 22.0 Å². The number of hydrogen-bond donors (Lipinski definition) is 0. The molecular formula is C27H33O4P. The molecule has 0 spiro atoms. The van der Waals surface area contributed by atoms with Gasteiger partial charge in [-0.2, -0.15) is 0 Å². The van der Waals surface area contributed by atoms with Crippen LogP contribution in [-0.2, 0) is 9.47 Å². The quantitative estimate of drug-likeness (QED) is 0.340. The summed E-state index contributed by atoms with van der Waals surface area (Å²) >= 11 is 0. The Morgan fingerprint density at radius 1 is 0.625 bits per heavy atom. The molecule has 0 aromatic heterocycles. The van der Waals surface area contributed by atoms with Gasteiger partial charge in [0.15, 0.2) is 13.6 Å². The van der Waals surface area contributed by atoms with Crippen LogP contribution in [0.15, 0.2) is 48.5 Å². The van der Waals surface area contributed by atoms with E-state index in [2.05, 4.69) is 83.1 Å². The van der Waals surface area contributed by atoms with Gasteiger partial charge in [0.1, 0.15) is 11.5 Å². The first kappa shape index (κ1) is 24.3. The minimum Gasteiger partial charge on any atom is -0.467 e. The van der Waals surface area contributed by atoms with Crippen molar-refractivity contribution >= 4 is 23.8 Å². The van der Waals surface area contributed by atoms with Crippen molar-refractivity contribution in [2.75, 3.05) is 27.8 Å². The van der Waals surface area contributed by atoms with Crippen LogP contribution in [0.2, 0.25) is 0 Å². The van der Waals surface area contributed by atoms with E-state index in [0.29, 0.717) is 0 Å². The average molecular weight is 453 g/mol. The Morgan fingerprint density at radius 2 is 1.06 bits per heavy atom. The lowest BCUT2D eigenvalue weighted by Gasteiger charge is -2.28. The predicted molar refractivity (Wildman–Crippen MR) is 134 cm³/mol. The summed E-state index contributed by atoms with van der Waals surface area (Å²) in [5, 5.41) is 3.63. The number of ether oxygens (including phenoxy) is 4. The summed E-state index contributed by atoms with van der Waals surface area (Å²) in [4.78, 5) is 0. The molecule has 0 aliphatic heterocycles. The van der Waals surface area contributed by atoms with Crippen LogP contribution < -0.4 is 25.4 Å². The van der Waals surface area contributed by atoms with Crippen molar-refractivity contribution < 1.29 is 18.9 Å². The van der Waals surface area contributed by atoms with Crippen LogP contribution in [0.3, 0.4) is 0 Å². The lowest BCUT2D eigenvalue weighted by molar-refractivity contribution is 0.0514. The van der Waals surface area contributed by atoms with Gasteiger partial charge in [0.25, 0.3) is 0 Å². The first-order valence-corrected chi connectivity index (χ1v) is 12.0. The van der Waals surface area contributed by atoms with Crippen molar-refractivity contribution in [3.63, 3.8) is 0 Å². The third kappa shape index (κ3) is 5.15. The summed E-state index contributed by atoms with van der Waals surface area (Å²) < 4.78 is 22.7. The molecule has 5 heteroatoms. The Bertz CT molecular complexity index is 997. The zero-order valence-corrected chi connectivity index (χ0v) is 21.0. The molecule has 0 saturated carbocycles. The maximum atomic E-state index is 6.12. The third-order valence-corrected chi connectivity index (χ3v) is 8.19. The van der Waals surface area contributed by atoms with Crippen LogP contribution in [0.4, 0.5) is 0 Å². The van der Waals surface area contributed by atoms with Gasteiger partial charge >= 0.3 is 0 Å². The Balaban J connectivity index is 2.35. The van der Waals surface area contributed by atoms with E-state index in [1.54, 1.807) is 14.2 Å². The second-order valence-electron chi connectivity index (χ2n) is 8.03. The lowest BCUT2D eigenvalue weighted by atomic mass is 10.1. The number of rotatable bonds is 9. The Labute approximate surface area is 193 Å². The summed E-state index contributed by atoms with van der Waals surface area (Å²) in [6.07, 6.45) is 0. The van der Waals surface area contributed by atoms with Crippen molar-refractivity contribution in [1.82, 2.24) is 0 Å². The van der Waals surface area contributed by atoms with E-state index >= 15 is 0 Å². The van der Waals surface area contributed by atoms with Crippen LogP contribution in [-0.4, -0.2) is 27.8 Å². The van der Waals surface area contributed by atoms with Gasteiger partial charge in [0.2, 0.25) is 0 Å². The number of benzene rings is 3. The molecule has 0 fully saturated rings. The van der Waals surface area contributed by atoms with Gasteiger partial charge in [0, 0.05) is 24.8 Å². The maximum absolute atomic E-state index is 6.12. The molecule has 0 aliphatic carbocycles. The van der Waals surface area contributed by atoms with Crippen LogP contribution in [0, 0.1) is 34.6 Å². The van der Waals surface area contributed by atoms with Gasteiger partial charge < -0.3 is 18.9 Å². The first-order chi connectivity index (χ1) is 15.4. The van der Waals surface area contributed by atoms with Crippen molar-refractivity contribution in [2.45, 2.75) is 34.6 Å². The number of hydrogen-bond acceptors (Lipinski definition) is 4. The van der Waals surface area contributed by atoms with Crippen molar-refractivity contribution in [1.29, 1.82) is 0 Å². The average Bonchev–Trinajstić information content (AvgIpc) is 2.74. The Kier molecular flexibility index (Phi) is 8.31. The van der Waals surface area contributed by atoms with E-state index < -0.39 is 7.92 Å². The van der Waals surface area contributed by atoms with E-state index in [-0.39, 0.29) is 13.6 Å². The second-order valence-corrected chi connectivity index (χ2v) is 10.1. The first-order valence-electron chi connectivity index (χ1n) is 10.7. The monoisotopic (exact) mass is 452 g/mol. The van der Waals surface area contributed by atoms with Crippen molar-refractivity contribution in [3.05, 3.63) is 76.3 Å². The highest BCUT2D eigenvalue weighted by Crippen LogP contribution is 2.43. The second kappa shape index (κ2) is 11.0. The maximum Gasteiger partial charge on any atom is 0.188 e. The topological polar surface area (TPSA) is 36.9 Å². The standard InChI is InChI=1S/C27H33O4P/c1-18-14-21(4)27(22(5)15-18)32(23-12-8-10-19(2)25(23)30-16-28-6)24-13-9-11-20(3)26(24)31-17-29-7/h8-15H,16-17H2,1-7H3. The fraction of sp³-hybridized carbons (Fsp3) is 0.333. The van der Waals surface area contributed by atoms with Crippen molar-refractivity contribution in [3.8, 4) is 11.5 Å². The Hall–Kier alpha value is -2.39. The highest BCUT2D eigenvalue weighted by atomic mass is 31.1.